The van der Waals surface area contributed by atoms with Crippen LogP contribution in [0.15, 0.2) is 72.9 Å². The number of nitrogens with one attached hydrogen (secondary N) is 1. The van der Waals surface area contributed by atoms with E-state index in [0.29, 0.717) is 45.4 Å². The quantitative estimate of drug-likeness (QED) is 0.211. The number of carbonyl (C=O) groups is 2. The molecule has 0 radical (unpaired) electrons. The molecule has 1 aromatic heterocycles. The van der Waals surface area contributed by atoms with Crippen LogP contribution in [0.1, 0.15) is 59.9 Å². The van der Waals surface area contributed by atoms with Crippen molar-refractivity contribution in [2.24, 2.45) is 0 Å². The van der Waals surface area contributed by atoms with Crippen LogP contribution in [0.5, 0.6) is 5.75 Å². The molecule has 8 nitrogen and oxygen atoms in total. The maximum absolute atomic E-state index is 13.7. The summed E-state index contributed by atoms with van der Waals surface area (Å²) in [6.45, 7) is 8.23. The van der Waals surface area contributed by atoms with Gasteiger partial charge in [-0.05, 0) is 99.8 Å². The molecular weight excluding hydrogens is 583 g/mol. The Morgan fingerprint density at radius 3 is 2.45 bits per heavy atom. The van der Waals surface area contributed by atoms with Crippen molar-refractivity contribution in [3.8, 4) is 17.0 Å². The van der Waals surface area contributed by atoms with E-state index < -0.39 is 11.5 Å². The van der Waals surface area contributed by atoms with Gasteiger partial charge in [-0.3, -0.25) is 14.4 Å². The van der Waals surface area contributed by atoms with E-state index in [4.69, 9.17) is 21.1 Å². The van der Waals surface area contributed by atoms with Gasteiger partial charge in [0.05, 0.1) is 35.7 Å². The average molecular weight is 619 g/mol. The molecule has 0 atom stereocenters. The van der Waals surface area contributed by atoms with E-state index in [0.717, 1.165) is 31.5 Å². The van der Waals surface area contributed by atoms with Crippen LogP contribution < -0.4 is 10.1 Å². The fourth-order valence-corrected chi connectivity index (χ4v) is 5.49. The largest absolute Gasteiger partial charge is 0.490 e. The zero-order valence-corrected chi connectivity index (χ0v) is 26.0. The number of aromatic nitrogens is 2. The number of hydrogen-bond donors (Lipinski definition) is 1. The Morgan fingerprint density at radius 1 is 1.05 bits per heavy atom. The molecule has 0 saturated carbocycles. The van der Waals surface area contributed by atoms with Crippen molar-refractivity contribution in [3.63, 3.8) is 0 Å². The summed E-state index contributed by atoms with van der Waals surface area (Å²) in [5.41, 5.74) is 3.28. The van der Waals surface area contributed by atoms with Crippen LogP contribution in [0, 0.1) is 5.82 Å². The number of hydrogen-bond acceptors (Lipinski definition) is 6. The van der Waals surface area contributed by atoms with Crippen molar-refractivity contribution in [1.29, 1.82) is 0 Å². The minimum Gasteiger partial charge on any atom is -0.490 e. The van der Waals surface area contributed by atoms with Crippen molar-refractivity contribution >= 4 is 29.2 Å². The maximum Gasteiger partial charge on any atom is 0.337 e. The molecule has 0 bridgehead atoms. The molecule has 44 heavy (non-hydrogen) atoms. The monoisotopic (exact) mass is 618 g/mol. The fraction of sp³-hybridized carbons (Fsp3) is 0.324. The predicted octanol–water partition coefficient (Wildman–Crippen LogP) is 7.18. The highest BCUT2D eigenvalue weighted by Crippen LogP contribution is 2.31. The topological polar surface area (TPSA) is 85.7 Å². The lowest BCUT2D eigenvalue weighted by Crippen LogP contribution is -2.37. The highest BCUT2D eigenvalue weighted by molar-refractivity contribution is 6.31. The van der Waals surface area contributed by atoms with Crippen molar-refractivity contribution in [3.05, 3.63) is 100 Å². The molecular formula is C34H36ClFN4O4. The molecule has 1 saturated heterocycles. The Hall–Kier alpha value is -4.21. The van der Waals surface area contributed by atoms with Crippen LogP contribution in [-0.4, -0.2) is 52.9 Å². The number of halogens is 2. The molecule has 230 valence electrons. The van der Waals surface area contributed by atoms with E-state index in [-0.39, 0.29) is 17.8 Å². The molecule has 1 fully saturated rings. The van der Waals surface area contributed by atoms with Gasteiger partial charge in [-0.1, -0.05) is 17.7 Å². The molecule has 0 unspecified atom stereocenters. The smallest absolute Gasteiger partial charge is 0.337 e. The highest BCUT2D eigenvalue weighted by atomic mass is 35.5. The van der Waals surface area contributed by atoms with E-state index in [1.165, 1.54) is 19.2 Å². The summed E-state index contributed by atoms with van der Waals surface area (Å²) in [5, 5.41) is 8.13. The third-order valence-electron chi connectivity index (χ3n) is 7.56. The number of nitrogens with zero attached hydrogens (tertiary/aromatic N) is 3. The first kappa shape index (κ1) is 31.2. The van der Waals surface area contributed by atoms with E-state index in [1.807, 2.05) is 32.9 Å². The zero-order valence-electron chi connectivity index (χ0n) is 25.3. The number of rotatable bonds is 8. The third-order valence-corrected chi connectivity index (χ3v) is 7.93. The van der Waals surface area contributed by atoms with Crippen molar-refractivity contribution in [2.75, 3.05) is 25.5 Å². The first-order valence-electron chi connectivity index (χ1n) is 14.5. The predicted molar refractivity (Wildman–Crippen MR) is 169 cm³/mol. The van der Waals surface area contributed by atoms with Gasteiger partial charge in [0.1, 0.15) is 17.7 Å². The maximum atomic E-state index is 13.7. The van der Waals surface area contributed by atoms with E-state index in [1.54, 1.807) is 53.3 Å². The Labute approximate surface area is 261 Å². The number of esters is 1. The molecule has 3 aromatic carbocycles. The van der Waals surface area contributed by atoms with Gasteiger partial charge in [0.15, 0.2) is 0 Å². The number of likely N-dealkylation sites (tertiary alicyclic amines) is 1. The second-order valence-electron chi connectivity index (χ2n) is 11.9. The number of anilines is 1. The number of amides is 1. The molecule has 1 aliphatic heterocycles. The standard InChI is InChI=1S/C34H36ClFN4O4/c1-34(2,3)40-31(22-8-10-25(36)11-9-22)29(20-37-40)32(41)38-26-12-13-30(35)24(18-26)21-39-16-14-27(15-17-39)44-28-7-5-6-23(19-28)33(42)43-4/h5-13,18-20,27H,14-17,21H2,1-4H3,(H,38,41). The summed E-state index contributed by atoms with van der Waals surface area (Å²) in [6.07, 6.45) is 3.22. The van der Waals surface area contributed by atoms with Crippen LogP contribution >= 0.6 is 11.6 Å². The van der Waals surface area contributed by atoms with Gasteiger partial charge >= 0.3 is 5.97 Å². The number of benzene rings is 3. The first-order chi connectivity index (χ1) is 21.0. The SMILES string of the molecule is COC(=O)c1cccc(OC2CCN(Cc3cc(NC(=O)c4cnn(C(C)(C)C)c4-c4ccc(F)cc4)ccc3Cl)CC2)c1. The zero-order chi connectivity index (χ0) is 31.4. The summed E-state index contributed by atoms with van der Waals surface area (Å²) < 4.78 is 26.4. The molecule has 0 spiro atoms. The van der Waals surface area contributed by atoms with E-state index in [9.17, 15) is 14.0 Å². The number of piperidine rings is 1. The second-order valence-corrected chi connectivity index (χ2v) is 12.3. The molecule has 10 heteroatoms. The van der Waals surface area contributed by atoms with Crippen molar-refractivity contribution < 1.29 is 23.5 Å². The minimum absolute atomic E-state index is 0.0320. The first-order valence-corrected chi connectivity index (χ1v) is 14.9. The lowest BCUT2D eigenvalue weighted by Gasteiger charge is -2.32. The molecule has 4 aromatic rings. The fourth-order valence-electron chi connectivity index (χ4n) is 5.31. The van der Waals surface area contributed by atoms with Gasteiger partial charge in [-0.2, -0.15) is 5.10 Å². The normalized spacial score (nSPS) is 14.3. The van der Waals surface area contributed by atoms with Gasteiger partial charge in [0.2, 0.25) is 0 Å². The summed E-state index contributed by atoms with van der Waals surface area (Å²) >= 11 is 6.58. The molecule has 1 aliphatic rings. The Balaban J connectivity index is 1.24. The van der Waals surface area contributed by atoms with Gasteiger partial charge < -0.3 is 14.8 Å². The molecule has 1 amide bonds. The number of methoxy groups -OCH3 is 1. The highest BCUT2D eigenvalue weighted by Gasteiger charge is 2.26. The minimum atomic E-state index is -0.402. The van der Waals surface area contributed by atoms with Gasteiger partial charge in [-0.25, -0.2) is 9.18 Å². The third kappa shape index (κ3) is 7.29. The van der Waals surface area contributed by atoms with Gasteiger partial charge in [-0.15, -0.1) is 0 Å². The molecule has 5 rings (SSSR count). The van der Waals surface area contributed by atoms with Crippen LogP contribution in [0.3, 0.4) is 0 Å². The average Bonchev–Trinajstić information content (AvgIpc) is 3.46. The van der Waals surface area contributed by atoms with Gasteiger partial charge in [0, 0.05) is 35.9 Å². The van der Waals surface area contributed by atoms with Crippen LogP contribution in [0.4, 0.5) is 10.1 Å². The Morgan fingerprint density at radius 2 is 1.77 bits per heavy atom. The van der Waals surface area contributed by atoms with Crippen LogP contribution in [0.25, 0.3) is 11.3 Å². The lowest BCUT2D eigenvalue weighted by molar-refractivity contribution is 0.0598. The summed E-state index contributed by atoms with van der Waals surface area (Å²) in [7, 11) is 1.36. The molecule has 1 N–H and O–H groups in total. The Kier molecular flexibility index (Phi) is 9.36. The van der Waals surface area contributed by atoms with Crippen molar-refractivity contribution in [2.45, 2.75) is 51.8 Å². The molecule has 2 heterocycles. The number of carbonyl (C=O) groups excluding carboxylic acids is 2. The van der Waals surface area contributed by atoms with Gasteiger partial charge in [0.25, 0.3) is 5.91 Å². The summed E-state index contributed by atoms with van der Waals surface area (Å²) in [4.78, 5) is 27.7. The van der Waals surface area contributed by atoms with Crippen LogP contribution in [0.2, 0.25) is 5.02 Å². The lowest BCUT2D eigenvalue weighted by atomic mass is 10.0. The second kappa shape index (κ2) is 13.2. The number of ether oxygens (including phenoxy) is 2. The van der Waals surface area contributed by atoms with Crippen LogP contribution in [-0.2, 0) is 16.8 Å². The molecule has 0 aliphatic carbocycles. The Bertz CT molecular complexity index is 1640. The summed E-state index contributed by atoms with van der Waals surface area (Å²) in [5.74, 6) is -0.415. The van der Waals surface area contributed by atoms with E-state index >= 15 is 0 Å². The van der Waals surface area contributed by atoms with Crippen molar-refractivity contribution in [1.82, 2.24) is 14.7 Å². The summed E-state index contributed by atoms with van der Waals surface area (Å²) in [6, 6.07) is 18.5. The van der Waals surface area contributed by atoms with E-state index in [2.05, 4.69) is 15.3 Å².